The molecule has 2 aliphatic carbocycles. The summed E-state index contributed by atoms with van der Waals surface area (Å²) in [5.41, 5.74) is 0. The van der Waals surface area contributed by atoms with Crippen molar-refractivity contribution >= 4 is 17.7 Å². The molecular weight excluding hydrogens is 256 g/mol. The minimum atomic E-state index is 0.267. The monoisotopic (exact) mass is 282 g/mol. The van der Waals surface area contributed by atoms with Gasteiger partial charge in [-0.2, -0.15) is 11.8 Å². The summed E-state index contributed by atoms with van der Waals surface area (Å²) in [4.78, 5) is 12.0. The number of rotatable bonds is 4. The molecule has 3 atom stereocenters. The lowest BCUT2D eigenvalue weighted by molar-refractivity contribution is -0.121. The second-order valence-electron chi connectivity index (χ2n) is 6.40. The van der Waals surface area contributed by atoms with Crippen molar-refractivity contribution < 1.29 is 4.79 Å². The smallest absolute Gasteiger partial charge is 0.221 e. The standard InChI is InChI=1S/C15H26N2OS/c18-15(8-12-10-19-7-6-16-12)17-14-9-13(14)11-4-2-1-3-5-11/h11-14,16H,1-10H2,(H,17,18). The molecule has 3 unspecified atom stereocenters. The lowest BCUT2D eigenvalue weighted by Crippen LogP contribution is -2.42. The lowest BCUT2D eigenvalue weighted by atomic mass is 9.85. The average Bonchev–Trinajstić information content (AvgIpc) is 3.20. The first-order valence-corrected chi connectivity index (χ1v) is 9.09. The molecule has 1 heterocycles. The van der Waals surface area contributed by atoms with Gasteiger partial charge in [-0.05, 0) is 18.3 Å². The maximum absolute atomic E-state index is 12.0. The molecule has 1 aliphatic heterocycles. The molecule has 3 rings (SSSR count). The molecular formula is C15H26N2OS. The van der Waals surface area contributed by atoms with Crippen LogP contribution < -0.4 is 10.6 Å². The highest BCUT2D eigenvalue weighted by molar-refractivity contribution is 7.99. The number of hydrogen-bond donors (Lipinski definition) is 2. The van der Waals surface area contributed by atoms with Gasteiger partial charge in [0.15, 0.2) is 0 Å². The summed E-state index contributed by atoms with van der Waals surface area (Å²) in [5.74, 6) is 4.25. The van der Waals surface area contributed by atoms with Gasteiger partial charge < -0.3 is 10.6 Å². The quantitative estimate of drug-likeness (QED) is 0.830. The highest BCUT2D eigenvalue weighted by Gasteiger charge is 2.43. The summed E-state index contributed by atoms with van der Waals surface area (Å²) in [5, 5.41) is 6.70. The minimum absolute atomic E-state index is 0.267. The van der Waals surface area contributed by atoms with E-state index in [2.05, 4.69) is 10.6 Å². The van der Waals surface area contributed by atoms with Crippen LogP contribution in [0.4, 0.5) is 0 Å². The molecule has 2 saturated carbocycles. The zero-order valence-electron chi connectivity index (χ0n) is 11.7. The fourth-order valence-electron chi connectivity index (χ4n) is 3.70. The number of hydrogen-bond acceptors (Lipinski definition) is 3. The Morgan fingerprint density at radius 3 is 2.84 bits per heavy atom. The molecule has 3 nitrogen and oxygen atoms in total. The molecule has 0 aromatic rings. The van der Waals surface area contributed by atoms with E-state index in [4.69, 9.17) is 0 Å². The predicted molar refractivity (Wildman–Crippen MR) is 80.3 cm³/mol. The zero-order chi connectivity index (χ0) is 13.1. The summed E-state index contributed by atoms with van der Waals surface area (Å²) >= 11 is 1.96. The normalized spacial score (nSPS) is 35.9. The molecule has 1 saturated heterocycles. The number of nitrogens with one attached hydrogen (secondary N) is 2. The van der Waals surface area contributed by atoms with Gasteiger partial charge in [-0.1, -0.05) is 32.1 Å². The van der Waals surface area contributed by atoms with Crippen LogP contribution in [0, 0.1) is 11.8 Å². The maximum Gasteiger partial charge on any atom is 0.221 e. The second-order valence-corrected chi connectivity index (χ2v) is 7.55. The van der Waals surface area contributed by atoms with Gasteiger partial charge >= 0.3 is 0 Å². The van der Waals surface area contributed by atoms with Gasteiger partial charge in [-0.15, -0.1) is 0 Å². The molecule has 0 radical (unpaired) electrons. The molecule has 3 aliphatic rings. The van der Waals surface area contributed by atoms with Gasteiger partial charge in [0, 0.05) is 36.6 Å². The Kier molecular flexibility index (Phi) is 4.69. The van der Waals surface area contributed by atoms with Gasteiger partial charge in [0.25, 0.3) is 0 Å². The van der Waals surface area contributed by atoms with Crippen LogP contribution in [0.25, 0.3) is 0 Å². The van der Waals surface area contributed by atoms with Crippen molar-refractivity contribution in [1.29, 1.82) is 0 Å². The topological polar surface area (TPSA) is 41.1 Å². The summed E-state index contributed by atoms with van der Waals surface area (Å²) < 4.78 is 0. The van der Waals surface area contributed by atoms with Crippen molar-refractivity contribution in [3.8, 4) is 0 Å². The van der Waals surface area contributed by atoms with Crippen molar-refractivity contribution in [3.63, 3.8) is 0 Å². The lowest BCUT2D eigenvalue weighted by Gasteiger charge is -2.23. The Bertz CT molecular complexity index is 311. The molecule has 3 fully saturated rings. The first-order chi connectivity index (χ1) is 9.33. The zero-order valence-corrected chi connectivity index (χ0v) is 12.5. The highest BCUT2D eigenvalue weighted by atomic mass is 32.2. The maximum atomic E-state index is 12.0. The van der Waals surface area contributed by atoms with Crippen molar-refractivity contribution in [2.75, 3.05) is 18.1 Å². The van der Waals surface area contributed by atoms with Crippen LogP contribution in [0.2, 0.25) is 0 Å². The minimum Gasteiger partial charge on any atom is -0.353 e. The molecule has 108 valence electrons. The Labute approximate surface area is 120 Å². The molecule has 4 heteroatoms. The predicted octanol–water partition coefficient (Wildman–Crippen LogP) is 2.17. The first kappa shape index (κ1) is 13.7. The van der Waals surface area contributed by atoms with Gasteiger partial charge in [-0.3, -0.25) is 4.79 Å². The van der Waals surface area contributed by atoms with E-state index in [1.807, 2.05) is 11.8 Å². The van der Waals surface area contributed by atoms with Crippen LogP contribution >= 0.6 is 11.8 Å². The van der Waals surface area contributed by atoms with Crippen LogP contribution in [0.5, 0.6) is 0 Å². The van der Waals surface area contributed by atoms with E-state index in [1.165, 1.54) is 44.3 Å². The van der Waals surface area contributed by atoms with E-state index in [0.717, 1.165) is 24.1 Å². The van der Waals surface area contributed by atoms with Gasteiger partial charge in [-0.25, -0.2) is 0 Å². The molecule has 0 bridgehead atoms. The van der Waals surface area contributed by atoms with Gasteiger partial charge in [0.05, 0.1) is 0 Å². The van der Waals surface area contributed by atoms with Crippen LogP contribution in [0.1, 0.15) is 44.9 Å². The Hall–Kier alpha value is -0.220. The fraction of sp³-hybridized carbons (Fsp3) is 0.933. The van der Waals surface area contributed by atoms with E-state index < -0.39 is 0 Å². The number of carbonyl (C=O) groups is 1. The van der Waals surface area contributed by atoms with Crippen LogP contribution in [0.15, 0.2) is 0 Å². The van der Waals surface area contributed by atoms with E-state index in [1.54, 1.807) is 0 Å². The molecule has 0 spiro atoms. The third-order valence-corrected chi connectivity index (χ3v) is 6.00. The van der Waals surface area contributed by atoms with E-state index in [0.29, 0.717) is 18.5 Å². The summed E-state index contributed by atoms with van der Waals surface area (Å²) in [6.07, 6.45) is 8.95. The van der Waals surface area contributed by atoms with Crippen molar-refractivity contribution in [3.05, 3.63) is 0 Å². The number of thioether (sulfide) groups is 1. The van der Waals surface area contributed by atoms with Crippen molar-refractivity contribution in [2.45, 2.75) is 57.0 Å². The molecule has 0 aromatic carbocycles. The SMILES string of the molecule is O=C(CC1CSCCN1)NC1CC1C1CCCCC1. The third kappa shape index (κ3) is 3.88. The van der Waals surface area contributed by atoms with Crippen LogP contribution in [0.3, 0.4) is 0 Å². The highest BCUT2D eigenvalue weighted by Crippen LogP contribution is 2.44. The van der Waals surface area contributed by atoms with Gasteiger partial charge in [0.2, 0.25) is 5.91 Å². The Morgan fingerprint density at radius 2 is 2.11 bits per heavy atom. The molecule has 1 amide bonds. The number of carbonyl (C=O) groups excluding carboxylic acids is 1. The molecule has 19 heavy (non-hydrogen) atoms. The van der Waals surface area contributed by atoms with Crippen molar-refractivity contribution in [2.24, 2.45) is 11.8 Å². The fourth-order valence-corrected chi connectivity index (χ4v) is 4.65. The third-order valence-electron chi connectivity index (χ3n) is 4.87. The van der Waals surface area contributed by atoms with Crippen LogP contribution in [-0.2, 0) is 4.79 Å². The average molecular weight is 282 g/mol. The summed E-state index contributed by atoms with van der Waals surface area (Å²) in [6.45, 7) is 1.05. The second kappa shape index (κ2) is 6.49. The largest absolute Gasteiger partial charge is 0.353 e. The Morgan fingerprint density at radius 1 is 1.26 bits per heavy atom. The van der Waals surface area contributed by atoms with Gasteiger partial charge in [0.1, 0.15) is 0 Å². The molecule has 0 aromatic heterocycles. The first-order valence-electron chi connectivity index (χ1n) is 7.93. The molecule has 2 N–H and O–H groups in total. The van der Waals surface area contributed by atoms with E-state index in [9.17, 15) is 4.79 Å². The summed E-state index contributed by atoms with van der Waals surface area (Å²) in [7, 11) is 0. The van der Waals surface area contributed by atoms with Crippen LogP contribution in [-0.4, -0.2) is 36.0 Å². The van der Waals surface area contributed by atoms with E-state index >= 15 is 0 Å². The number of amides is 1. The Balaban J connectivity index is 1.36. The van der Waals surface area contributed by atoms with E-state index in [-0.39, 0.29) is 5.91 Å². The van der Waals surface area contributed by atoms with Crippen molar-refractivity contribution in [1.82, 2.24) is 10.6 Å². The summed E-state index contributed by atoms with van der Waals surface area (Å²) in [6, 6.07) is 0.900.